The molecule has 0 spiro atoms. The van der Waals surface area contributed by atoms with Gasteiger partial charge < -0.3 is 0 Å². The molecule has 2 atom stereocenters. The van der Waals surface area contributed by atoms with Gasteiger partial charge in [-0.3, -0.25) is 0 Å². The van der Waals surface area contributed by atoms with Crippen molar-refractivity contribution in [3.63, 3.8) is 0 Å². The monoisotopic (exact) mass is 279 g/mol. The third-order valence-corrected chi connectivity index (χ3v) is 5.56. The number of hydrogen-bond donors (Lipinski definition) is 0. The summed E-state index contributed by atoms with van der Waals surface area (Å²) in [6, 6.07) is 9.01. The minimum absolute atomic E-state index is 0.180. The van der Waals surface area contributed by atoms with E-state index in [0.29, 0.717) is 6.04 Å². The van der Waals surface area contributed by atoms with Crippen LogP contribution in [0.5, 0.6) is 0 Å². The van der Waals surface area contributed by atoms with Crippen molar-refractivity contribution in [1.82, 2.24) is 4.31 Å². The van der Waals surface area contributed by atoms with Gasteiger partial charge in [0.25, 0.3) is 0 Å². The molecule has 1 aromatic carbocycles. The van der Waals surface area contributed by atoms with Crippen LogP contribution < -0.4 is 0 Å². The Bertz CT molecular complexity index is 447. The molecular formula is C16H25NOS. The molecule has 19 heavy (non-hydrogen) atoms. The number of hydrogen-bond acceptors (Lipinski definition) is 1. The van der Waals surface area contributed by atoms with E-state index >= 15 is 0 Å². The van der Waals surface area contributed by atoms with Gasteiger partial charge in [-0.15, -0.1) is 0 Å². The first-order valence-electron chi connectivity index (χ1n) is 7.15. The van der Waals surface area contributed by atoms with Gasteiger partial charge in [0.05, 0.1) is 4.75 Å². The third-order valence-electron chi connectivity index (χ3n) is 3.65. The maximum atomic E-state index is 12.7. The second-order valence-electron chi connectivity index (χ2n) is 6.42. The molecule has 1 saturated heterocycles. The van der Waals surface area contributed by atoms with Crippen LogP contribution in [0.3, 0.4) is 0 Å². The highest BCUT2D eigenvalue weighted by Gasteiger charge is 2.33. The molecule has 0 amide bonds. The summed E-state index contributed by atoms with van der Waals surface area (Å²) >= 11 is 0. The lowest BCUT2D eigenvalue weighted by molar-refractivity contribution is 0.264. The van der Waals surface area contributed by atoms with Gasteiger partial charge in [0, 0.05) is 12.6 Å². The first kappa shape index (κ1) is 14.7. The third kappa shape index (κ3) is 3.46. The lowest BCUT2D eigenvalue weighted by Crippen LogP contribution is -2.42. The van der Waals surface area contributed by atoms with Crippen molar-refractivity contribution in [3.8, 4) is 0 Å². The van der Waals surface area contributed by atoms with Crippen LogP contribution in [0.15, 0.2) is 24.3 Å². The molecule has 1 aliphatic heterocycles. The molecule has 0 N–H and O–H groups in total. The van der Waals surface area contributed by atoms with Gasteiger partial charge in [-0.1, -0.05) is 36.2 Å². The van der Waals surface area contributed by atoms with E-state index in [1.54, 1.807) is 0 Å². The summed E-state index contributed by atoms with van der Waals surface area (Å²) in [6.07, 6.45) is 3.51. The molecular weight excluding hydrogens is 254 g/mol. The molecule has 3 heteroatoms. The Hall–Kier alpha value is -0.670. The lowest BCUT2D eigenvalue weighted by atomic mass is 9.97. The Balaban J connectivity index is 2.26. The predicted octanol–water partition coefficient (Wildman–Crippen LogP) is 3.98. The molecule has 0 aliphatic carbocycles. The fourth-order valence-corrected chi connectivity index (χ4v) is 4.03. The second kappa shape index (κ2) is 5.76. The van der Waals surface area contributed by atoms with Crippen molar-refractivity contribution in [3.05, 3.63) is 35.4 Å². The van der Waals surface area contributed by atoms with Crippen molar-refractivity contribution >= 4 is 11.0 Å². The number of aryl methyl sites for hydroxylation is 1. The normalized spacial score (nSPS) is 23.3. The molecule has 1 fully saturated rings. The highest BCUT2D eigenvalue weighted by atomic mass is 32.2. The average molecular weight is 279 g/mol. The summed E-state index contributed by atoms with van der Waals surface area (Å²) in [6.45, 7) is 9.23. The zero-order valence-corrected chi connectivity index (χ0v) is 13.3. The maximum absolute atomic E-state index is 12.7. The minimum atomic E-state index is -0.926. The van der Waals surface area contributed by atoms with E-state index in [9.17, 15) is 4.21 Å². The predicted molar refractivity (Wildman–Crippen MR) is 82.4 cm³/mol. The van der Waals surface area contributed by atoms with E-state index in [4.69, 9.17) is 0 Å². The standard InChI is InChI=1S/C16H25NOS/c1-13-8-10-14(11-9-13)15-7-5-6-12-17(15)19(18)16(2,3)4/h8-11,15H,5-7,12H2,1-4H3/t15-,19-/m1/s1. The second-order valence-corrected chi connectivity index (χ2v) is 8.62. The van der Waals surface area contributed by atoms with E-state index < -0.39 is 11.0 Å². The van der Waals surface area contributed by atoms with Gasteiger partial charge in [-0.2, -0.15) is 0 Å². The zero-order valence-electron chi connectivity index (χ0n) is 12.5. The van der Waals surface area contributed by atoms with Gasteiger partial charge in [0.2, 0.25) is 0 Å². The SMILES string of the molecule is Cc1ccc([C@H]2CCCCN2[S@](=O)C(C)(C)C)cc1. The number of nitrogens with zero attached hydrogens (tertiary/aromatic N) is 1. The molecule has 0 radical (unpaired) electrons. The summed E-state index contributed by atoms with van der Waals surface area (Å²) in [5.74, 6) is 0. The summed E-state index contributed by atoms with van der Waals surface area (Å²) in [5.41, 5.74) is 2.59. The van der Waals surface area contributed by atoms with Gasteiger partial charge in [0.15, 0.2) is 0 Å². The largest absolute Gasteiger partial charge is 0.242 e. The van der Waals surface area contributed by atoms with E-state index in [2.05, 4.69) is 56.3 Å². The quantitative estimate of drug-likeness (QED) is 0.801. The topological polar surface area (TPSA) is 20.3 Å². The van der Waals surface area contributed by atoms with E-state index in [1.165, 1.54) is 17.5 Å². The van der Waals surface area contributed by atoms with Gasteiger partial charge >= 0.3 is 0 Å². The highest BCUT2D eigenvalue weighted by molar-refractivity contribution is 7.84. The number of piperidine rings is 1. The van der Waals surface area contributed by atoms with Crippen molar-refractivity contribution in [1.29, 1.82) is 0 Å². The van der Waals surface area contributed by atoms with E-state index in [-0.39, 0.29) is 4.75 Å². The minimum Gasteiger partial charge on any atom is -0.242 e. The summed E-state index contributed by atoms with van der Waals surface area (Å²) in [7, 11) is -0.926. The van der Waals surface area contributed by atoms with Crippen LogP contribution >= 0.6 is 0 Å². The fourth-order valence-electron chi connectivity index (χ4n) is 2.58. The van der Waals surface area contributed by atoms with Gasteiger partial charge in [-0.05, 0) is 46.1 Å². The van der Waals surface area contributed by atoms with Crippen LogP contribution in [0.1, 0.15) is 57.2 Å². The van der Waals surface area contributed by atoms with Gasteiger partial charge in [-0.25, -0.2) is 8.51 Å². The first-order valence-corrected chi connectivity index (χ1v) is 8.25. The molecule has 0 aromatic heterocycles. The van der Waals surface area contributed by atoms with Crippen molar-refractivity contribution < 1.29 is 4.21 Å². The maximum Gasteiger partial charge on any atom is 0.100 e. The van der Waals surface area contributed by atoms with Crippen molar-refractivity contribution in [2.24, 2.45) is 0 Å². The number of rotatable bonds is 2. The van der Waals surface area contributed by atoms with Gasteiger partial charge in [0.1, 0.15) is 11.0 Å². The smallest absolute Gasteiger partial charge is 0.100 e. The van der Waals surface area contributed by atoms with Crippen LogP contribution in [0.25, 0.3) is 0 Å². The van der Waals surface area contributed by atoms with E-state index in [1.807, 2.05) is 0 Å². The Kier molecular flexibility index (Phi) is 4.46. The van der Waals surface area contributed by atoms with Crippen LogP contribution in [0.4, 0.5) is 0 Å². The molecule has 2 nitrogen and oxygen atoms in total. The fraction of sp³-hybridized carbons (Fsp3) is 0.625. The molecule has 1 heterocycles. The lowest BCUT2D eigenvalue weighted by Gasteiger charge is -2.38. The van der Waals surface area contributed by atoms with E-state index in [0.717, 1.165) is 19.4 Å². The first-order chi connectivity index (χ1) is 8.89. The molecule has 1 aromatic rings. The van der Waals surface area contributed by atoms with Crippen LogP contribution in [0.2, 0.25) is 0 Å². The van der Waals surface area contributed by atoms with Crippen LogP contribution in [-0.2, 0) is 11.0 Å². The highest BCUT2D eigenvalue weighted by Crippen LogP contribution is 2.34. The molecule has 0 bridgehead atoms. The Morgan fingerprint density at radius 2 is 1.79 bits per heavy atom. The summed E-state index contributed by atoms with van der Waals surface area (Å²) in [4.78, 5) is 0. The average Bonchev–Trinajstić information content (AvgIpc) is 2.38. The Labute approximate surface area is 119 Å². The molecule has 106 valence electrons. The zero-order chi connectivity index (χ0) is 14.0. The van der Waals surface area contributed by atoms with Crippen LogP contribution in [0, 0.1) is 6.92 Å². The molecule has 0 saturated carbocycles. The summed E-state index contributed by atoms with van der Waals surface area (Å²) in [5, 5.41) is 0. The van der Waals surface area contributed by atoms with Crippen molar-refractivity contribution in [2.45, 2.75) is 57.7 Å². The summed E-state index contributed by atoms with van der Waals surface area (Å²) < 4.78 is 14.7. The molecule has 2 rings (SSSR count). The van der Waals surface area contributed by atoms with Crippen LogP contribution in [-0.4, -0.2) is 19.8 Å². The Morgan fingerprint density at radius 1 is 1.16 bits per heavy atom. The molecule has 1 aliphatic rings. The molecule has 0 unspecified atom stereocenters. The van der Waals surface area contributed by atoms with Crippen molar-refractivity contribution in [2.75, 3.05) is 6.54 Å². The number of benzene rings is 1. The Morgan fingerprint density at radius 3 is 2.37 bits per heavy atom.